The molecule has 0 aliphatic heterocycles. The maximum atomic E-state index is 12.5. The van der Waals surface area contributed by atoms with Crippen LogP contribution in [0.5, 0.6) is 0 Å². The van der Waals surface area contributed by atoms with E-state index in [2.05, 4.69) is 16.6 Å². The molecule has 0 heterocycles. The Morgan fingerprint density at radius 1 is 1.30 bits per heavy atom. The zero-order valence-corrected chi connectivity index (χ0v) is 13.0. The predicted octanol–water partition coefficient (Wildman–Crippen LogP) is 1.85. The first-order valence-electron chi connectivity index (χ1n) is 6.64. The minimum absolute atomic E-state index is 0.198. The summed E-state index contributed by atoms with van der Waals surface area (Å²) in [5.41, 5.74) is 5.32. The molecular formula is C15H22N2O2S. The van der Waals surface area contributed by atoms with Crippen LogP contribution in [0.15, 0.2) is 29.2 Å². The number of nitrogens with two attached hydrogens (primary N) is 1. The molecule has 20 heavy (non-hydrogen) atoms. The van der Waals surface area contributed by atoms with Crippen LogP contribution in [0, 0.1) is 11.8 Å². The van der Waals surface area contributed by atoms with Crippen molar-refractivity contribution in [3.63, 3.8) is 0 Å². The van der Waals surface area contributed by atoms with E-state index in [1.165, 1.54) is 0 Å². The van der Waals surface area contributed by atoms with E-state index in [-0.39, 0.29) is 11.4 Å². The summed E-state index contributed by atoms with van der Waals surface area (Å²) in [5, 5.41) is 0. The predicted molar refractivity (Wildman–Crippen MR) is 81.7 cm³/mol. The molecule has 0 unspecified atom stereocenters. The highest BCUT2D eigenvalue weighted by Crippen LogP contribution is 2.19. The van der Waals surface area contributed by atoms with Gasteiger partial charge < -0.3 is 5.73 Å². The summed E-state index contributed by atoms with van der Waals surface area (Å²) in [7, 11) is -3.59. The second-order valence-electron chi connectivity index (χ2n) is 5.24. The quantitative estimate of drug-likeness (QED) is 0.814. The molecule has 4 nitrogen and oxygen atoms in total. The molecule has 0 radical (unpaired) electrons. The van der Waals surface area contributed by atoms with Gasteiger partial charge in [-0.05, 0) is 32.4 Å². The van der Waals surface area contributed by atoms with Crippen molar-refractivity contribution in [1.29, 1.82) is 0 Å². The lowest BCUT2D eigenvalue weighted by atomic mass is 10.0. The number of rotatable bonds is 5. The van der Waals surface area contributed by atoms with Crippen LogP contribution in [0.25, 0.3) is 0 Å². The fourth-order valence-electron chi connectivity index (χ4n) is 2.05. The van der Waals surface area contributed by atoms with Crippen molar-refractivity contribution in [1.82, 2.24) is 4.72 Å². The van der Waals surface area contributed by atoms with Crippen LogP contribution < -0.4 is 10.5 Å². The van der Waals surface area contributed by atoms with Crippen LogP contribution in [-0.2, 0) is 10.0 Å². The number of nitrogens with one attached hydrogen (secondary N) is 1. The summed E-state index contributed by atoms with van der Waals surface area (Å²) in [4.78, 5) is 0.199. The van der Waals surface area contributed by atoms with Gasteiger partial charge in [-0.15, -0.1) is 0 Å². The third kappa shape index (κ3) is 4.64. The Morgan fingerprint density at radius 2 is 1.95 bits per heavy atom. The number of benzene rings is 1. The Hall–Kier alpha value is -1.35. The van der Waals surface area contributed by atoms with E-state index >= 15 is 0 Å². The third-order valence-corrected chi connectivity index (χ3v) is 4.54. The number of hydrogen-bond acceptors (Lipinski definition) is 3. The fraction of sp³-hybridized carbons (Fsp3) is 0.467. The minimum Gasteiger partial charge on any atom is -0.320 e. The first kappa shape index (κ1) is 16.7. The zero-order chi connectivity index (χ0) is 15.2. The molecule has 0 atom stereocenters. The van der Waals surface area contributed by atoms with Gasteiger partial charge in [-0.25, -0.2) is 13.1 Å². The first-order valence-corrected chi connectivity index (χ1v) is 8.12. The molecule has 0 aliphatic rings. The number of sulfonamides is 1. The van der Waals surface area contributed by atoms with Gasteiger partial charge in [0, 0.05) is 11.1 Å². The summed E-state index contributed by atoms with van der Waals surface area (Å²) in [6.45, 7) is 5.98. The Bertz CT molecular complexity index is 610. The van der Waals surface area contributed by atoms with Crippen molar-refractivity contribution >= 4 is 10.0 Å². The second-order valence-corrected chi connectivity index (χ2v) is 6.89. The number of hydrogen-bond donors (Lipinski definition) is 2. The monoisotopic (exact) mass is 294 g/mol. The lowest BCUT2D eigenvalue weighted by Gasteiger charge is -2.25. The average molecular weight is 294 g/mol. The summed E-state index contributed by atoms with van der Waals surface area (Å²) in [6.07, 6.45) is 1.67. The zero-order valence-electron chi connectivity index (χ0n) is 12.2. The third-order valence-electron chi connectivity index (χ3n) is 2.79. The van der Waals surface area contributed by atoms with E-state index in [0.29, 0.717) is 5.56 Å². The highest BCUT2D eigenvalue weighted by atomic mass is 32.2. The average Bonchev–Trinajstić information content (AvgIpc) is 2.35. The normalized spacial score (nSPS) is 11.8. The van der Waals surface area contributed by atoms with Gasteiger partial charge in [-0.2, -0.15) is 0 Å². The maximum absolute atomic E-state index is 12.5. The van der Waals surface area contributed by atoms with Crippen LogP contribution in [0.1, 0.15) is 39.2 Å². The van der Waals surface area contributed by atoms with Gasteiger partial charge in [0.2, 0.25) is 10.0 Å². The molecule has 0 spiro atoms. The van der Waals surface area contributed by atoms with E-state index in [1.54, 1.807) is 24.3 Å². The van der Waals surface area contributed by atoms with Crippen LogP contribution in [0.3, 0.4) is 0 Å². The van der Waals surface area contributed by atoms with Crippen LogP contribution in [-0.4, -0.2) is 20.5 Å². The van der Waals surface area contributed by atoms with Gasteiger partial charge in [-0.1, -0.05) is 37.3 Å². The molecule has 5 heteroatoms. The standard InChI is InChI=1S/C15H22N2O2S/c1-4-11-15(2,3)17-20(18,19)14-10-6-5-8-13(14)9-7-12-16/h5-6,8,10,17H,4,11-12,16H2,1-3H3. The molecule has 1 aromatic rings. The minimum atomic E-state index is -3.59. The van der Waals surface area contributed by atoms with E-state index in [9.17, 15) is 8.42 Å². The lowest BCUT2D eigenvalue weighted by molar-refractivity contribution is 0.417. The molecule has 3 N–H and O–H groups in total. The smallest absolute Gasteiger partial charge is 0.242 e. The lowest BCUT2D eigenvalue weighted by Crippen LogP contribution is -2.43. The Morgan fingerprint density at radius 3 is 2.55 bits per heavy atom. The van der Waals surface area contributed by atoms with Gasteiger partial charge in [0.25, 0.3) is 0 Å². The molecule has 0 bridgehead atoms. The van der Waals surface area contributed by atoms with Crippen molar-refractivity contribution in [3.05, 3.63) is 29.8 Å². The van der Waals surface area contributed by atoms with Gasteiger partial charge >= 0.3 is 0 Å². The summed E-state index contributed by atoms with van der Waals surface area (Å²) >= 11 is 0. The molecule has 110 valence electrons. The fourth-order valence-corrected chi connectivity index (χ4v) is 3.65. The Kier molecular flexibility index (Phi) is 5.75. The van der Waals surface area contributed by atoms with Crippen molar-refractivity contribution < 1.29 is 8.42 Å². The highest BCUT2D eigenvalue weighted by Gasteiger charge is 2.26. The topological polar surface area (TPSA) is 72.2 Å². The van der Waals surface area contributed by atoms with Gasteiger partial charge in [-0.3, -0.25) is 0 Å². The van der Waals surface area contributed by atoms with E-state index in [1.807, 2.05) is 20.8 Å². The molecule has 0 aliphatic carbocycles. The molecule has 1 rings (SSSR count). The van der Waals surface area contributed by atoms with Crippen molar-refractivity contribution in [2.75, 3.05) is 6.54 Å². The molecule has 0 amide bonds. The van der Waals surface area contributed by atoms with E-state index < -0.39 is 15.6 Å². The van der Waals surface area contributed by atoms with Crippen molar-refractivity contribution in [2.45, 2.75) is 44.0 Å². The summed E-state index contributed by atoms with van der Waals surface area (Å²) < 4.78 is 27.7. The molecule has 0 aromatic heterocycles. The Balaban J connectivity index is 3.16. The van der Waals surface area contributed by atoms with Crippen LogP contribution in [0.4, 0.5) is 0 Å². The summed E-state index contributed by atoms with van der Waals surface area (Å²) in [5.74, 6) is 5.49. The van der Waals surface area contributed by atoms with Gasteiger partial charge in [0.05, 0.1) is 11.4 Å². The van der Waals surface area contributed by atoms with E-state index in [0.717, 1.165) is 12.8 Å². The molecule has 1 aromatic carbocycles. The largest absolute Gasteiger partial charge is 0.320 e. The molecular weight excluding hydrogens is 272 g/mol. The molecule has 0 saturated carbocycles. The second kappa shape index (κ2) is 6.89. The van der Waals surface area contributed by atoms with E-state index in [4.69, 9.17) is 5.73 Å². The molecule has 0 fully saturated rings. The van der Waals surface area contributed by atoms with Crippen LogP contribution in [0.2, 0.25) is 0 Å². The summed E-state index contributed by atoms with van der Waals surface area (Å²) in [6, 6.07) is 6.70. The Labute approximate surface area is 121 Å². The SMILES string of the molecule is CCCC(C)(C)NS(=O)(=O)c1ccccc1C#CCN. The first-order chi connectivity index (χ1) is 9.32. The van der Waals surface area contributed by atoms with Crippen molar-refractivity contribution in [3.8, 4) is 11.8 Å². The highest BCUT2D eigenvalue weighted by molar-refractivity contribution is 7.89. The van der Waals surface area contributed by atoms with Crippen LogP contribution >= 0.6 is 0 Å². The van der Waals surface area contributed by atoms with Crippen molar-refractivity contribution in [2.24, 2.45) is 5.73 Å². The van der Waals surface area contributed by atoms with Gasteiger partial charge in [0.1, 0.15) is 0 Å². The molecule has 0 saturated heterocycles. The maximum Gasteiger partial charge on any atom is 0.242 e. The van der Waals surface area contributed by atoms with Gasteiger partial charge in [0.15, 0.2) is 0 Å².